The van der Waals surface area contributed by atoms with Gasteiger partial charge in [-0.25, -0.2) is 0 Å². The summed E-state index contributed by atoms with van der Waals surface area (Å²) in [5, 5.41) is 31.4. The second-order valence-corrected chi connectivity index (χ2v) is 19.2. The second kappa shape index (κ2) is 33.3. The number of nitrogens with zero attached hydrogens (tertiary/aromatic N) is 1. The quantitative estimate of drug-likeness (QED) is 0.0178. The Balaban J connectivity index is 2.45. The Morgan fingerprint density at radius 3 is 1.81 bits per heavy atom. The van der Waals surface area contributed by atoms with Gasteiger partial charge < -0.3 is 43.2 Å². The molecule has 0 heterocycles. The molecule has 1 aliphatic rings. The van der Waals surface area contributed by atoms with Crippen LogP contribution in [-0.2, 0) is 32.7 Å². The number of aliphatic hydroxyl groups excluding tert-OH is 3. The highest BCUT2D eigenvalue weighted by molar-refractivity contribution is 7.45. The zero-order chi connectivity index (χ0) is 43.1. The van der Waals surface area contributed by atoms with Crippen LogP contribution in [0.3, 0.4) is 0 Å². The number of carbonyl (C=O) groups excluding carboxylic acids is 2. The van der Waals surface area contributed by atoms with Crippen molar-refractivity contribution in [1.29, 1.82) is 0 Å². The first kappa shape index (κ1) is 54.6. The van der Waals surface area contributed by atoms with E-state index in [0.29, 0.717) is 36.7 Å². The van der Waals surface area contributed by atoms with Gasteiger partial charge in [-0.15, -0.1) is 0 Å². The van der Waals surface area contributed by atoms with E-state index in [1.165, 1.54) is 64.2 Å². The summed E-state index contributed by atoms with van der Waals surface area (Å²) in [4.78, 5) is 37.8. The molecule has 1 fully saturated rings. The number of quaternary nitrogens is 1. The minimum Gasteiger partial charge on any atom is -0.756 e. The van der Waals surface area contributed by atoms with Gasteiger partial charge in [0.05, 0.1) is 46.1 Å². The predicted molar refractivity (Wildman–Crippen MR) is 229 cm³/mol. The maximum atomic E-state index is 12.7. The summed E-state index contributed by atoms with van der Waals surface area (Å²) in [5.74, 6) is -1.24. The highest BCUT2D eigenvalue weighted by atomic mass is 31.2. The Morgan fingerprint density at radius 2 is 1.24 bits per heavy atom. The van der Waals surface area contributed by atoms with Crippen molar-refractivity contribution in [3.05, 3.63) is 12.2 Å². The lowest BCUT2D eigenvalue weighted by atomic mass is 9.88. The normalized spacial score (nSPS) is 20.6. The predicted octanol–water partition coefficient (Wildman–Crippen LogP) is 8.72. The van der Waals surface area contributed by atoms with Gasteiger partial charge in [0, 0.05) is 25.2 Å². The number of aliphatic hydroxyl groups is 3. The van der Waals surface area contributed by atoms with Gasteiger partial charge in [0.15, 0.2) is 6.10 Å². The molecular weight excluding hydrogens is 761 g/mol. The third-order valence-corrected chi connectivity index (χ3v) is 12.1. The Kier molecular flexibility index (Phi) is 31.4. The molecule has 0 amide bonds. The number of carbonyl (C=O) groups is 2. The van der Waals surface area contributed by atoms with Crippen molar-refractivity contribution in [3.8, 4) is 0 Å². The largest absolute Gasteiger partial charge is 0.756 e. The number of esters is 2. The molecule has 1 unspecified atom stereocenters. The van der Waals surface area contributed by atoms with Crippen molar-refractivity contribution >= 4 is 19.8 Å². The summed E-state index contributed by atoms with van der Waals surface area (Å²) in [6, 6.07) is 0. The smallest absolute Gasteiger partial charge is 0.306 e. The van der Waals surface area contributed by atoms with Crippen LogP contribution >= 0.6 is 7.82 Å². The van der Waals surface area contributed by atoms with E-state index in [1.54, 1.807) is 6.08 Å². The number of hydrogen-bond acceptors (Lipinski definition) is 11. The van der Waals surface area contributed by atoms with Crippen LogP contribution in [0.15, 0.2) is 12.2 Å². The van der Waals surface area contributed by atoms with E-state index in [0.717, 1.165) is 64.2 Å². The van der Waals surface area contributed by atoms with Crippen LogP contribution < -0.4 is 4.89 Å². The van der Waals surface area contributed by atoms with Crippen LogP contribution in [0.4, 0.5) is 0 Å². The molecule has 1 rings (SSSR count). The lowest BCUT2D eigenvalue weighted by Crippen LogP contribution is -2.37. The molecule has 7 atom stereocenters. The van der Waals surface area contributed by atoms with Gasteiger partial charge in [0.1, 0.15) is 19.8 Å². The first-order chi connectivity index (χ1) is 27.7. The molecule has 0 aromatic rings. The number of phosphoric acid groups is 1. The minimum absolute atomic E-state index is 0.0625. The topological polar surface area (TPSA) is 172 Å². The van der Waals surface area contributed by atoms with E-state index in [2.05, 4.69) is 13.8 Å². The van der Waals surface area contributed by atoms with Gasteiger partial charge in [-0.05, 0) is 31.6 Å². The Labute approximate surface area is 353 Å². The second-order valence-electron chi connectivity index (χ2n) is 17.7. The lowest BCUT2D eigenvalue weighted by molar-refractivity contribution is -0.870. The molecule has 0 aromatic carbocycles. The molecule has 3 N–H and O–H groups in total. The summed E-state index contributed by atoms with van der Waals surface area (Å²) in [6.07, 6.45) is 25.8. The van der Waals surface area contributed by atoms with Crippen LogP contribution in [0.25, 0.3) is 0 Å². The Hall–Kier alpha value is -1.37. The third kappa shape index (κ3) is 29.8. The molecule has 0 bridgehead atoms. The van der Waals surface area contributed by atoms with E-state index in [4.69, 9.17) is 18.5 Å². The fourth-order valence-electron chi connectivity index (χ4n) is 7.46. The molecule has 12 nitrogen and oxygen atoms in total. The Morgan fingerprint density at radius 1 is 0.724 bits per heavy atom. The average Bonchev–Trinajstić information content (AvgIpc) is 3.43. The van der Waals surface area contributed by atoms with E-state index in [9.17, 15) is 34.4 Å². The number of ether oxygens (including phenoxy) is 2. The van der Waals surface area contributed by atoms with Crippen molar-refractivity contribution in [2.45, 2.75) is 205 Å². The average molecular weight is 848 g/mol. The van der Waals surface area contributed by atoms with Crippen molar-refractivity contribution in [2.75, 3.05) is 47.5 Å². The van der Waals surface area contributed by atoms with Gasteiger partial charge in [-0.1, -0.05) is 148 Å². The molecule has 13 heteroatoms. The molecule has 342 valence electrons. The van der Waals surface area contributed by atoms with Gasteiger partial charge in [0.2, 0.25) is 0 Å². The molecule has 1 aliphatic carbocycles. The molecule has 58 heavy (non-hydrogen) atoms. The summed E-state index contributed by atoms with van der Waals surface area (Å²) >= 11 is 0. The number of likely N-dealkylation sites (N-methyl/N-ethyl adjacent to an activating group) is 1. The van der Waals surface area contributed by atoms with Crippen LogP contribution in [0.1, 0.15) is 181 Å². The molecule has 0 aliphatic heterocycles. The first-order valence-electron chi connectivity index (χ1n) is 23.2. The number of unbranched alkanes of at least 4 members (excludes halogenated alkanes) is 18. The third-order valence-electron chi connectivity index (χ3n) is 11.1. The van der Waals surface area contributed by atoms with Crippen LogP contribution in [-0.4, -0.2) is 104 Å². The molecule has 0 spiro atoms. The summed E-state index contributed by atoms with van der Waals surface area (Å²) in [7, 11) is 1.06. The molecule has 0 radical (unpaired) electrons. The zero-order valence-corrected chi connectivity index (χ0v) is 38.2. The van der Waals surface area contributed by atoms with E-state index in [-0.39, 0.29) is 37.9 Å². The van der Waals surface area contributed by atoms with Crippen molar-refractivity contribution in [3.63, 3.8) is 0 Å². The molecule has 1 saturated carbocycles. The van der Waals surface area contributed by atoms with E-state index >= 15 is 0 Å². The molecule has 0 aromatic heterocycles. The summed E-state index contributed by atoms with van der Waals surface area (Å²) in [6.45, 7) is 3.90. The van der Waals surface area contributed by atoms with Gasteiger partial charge in [-0.2, -0.15) is 0 Å². The highest BCUT2D eigenvalue weighted by Crippen LogP contribution is 2.39. The fourth-order valence-corrected chi connectivity index (χ4v) is 8.19. The maximum Gasteiger partial charge on any atom is 0.306 e. The SMILES string of the molecule is CCCCCCCCCCCCCCCCC(=O)O[C@H](COC(=O)CCCCCC[C@@H]1[C@@H](/C=C/[C@@H](O)CCCCC)[C@H](O)C[C@@H]1O)COP(=O)([O-])OCC[N+](C)(C)C. The first-order valence-corrected chi connectivity index (χ1v) is 24.6. The minimum atomic E-state index is -4.67. The van der Waals surface area contributed by atoms with Gasteiger partial charge in [-0.3, -0.25) is 14.2 Å². The van der Waals surface area contributed by atoms with Crippen molar-refractivity contribution < 1.29 is 57.4 Å². The number of phosphoric ester groups is 1. The zero-order valence-electron chi connectivity index (χ0n) is 37.3. The van der Waals surface area contributed by atoms with Crippen molar-refractivity contribution in [1.82, 2.24) is 0 Å². The van der Waals surface area contributed by atoms with Crippen LogP contribution in [0, 0.1) is 11.8 Å². The van der Waals surface area contributed by atoms with E-state index < -0.39 is 50.8 Å². The lowest BCUT2D eigenvalue weighted by Gasteiger charge is -2.28. The number of hydrogen-bond donors (Lipinski definition) is 3. The summed E-state index contributed by atoms with van der Waals surface area (Å²) < 4.78 is 33.9. The standard InChI is InChI=1S/C45H86NO11P/c1-6-8-10-11-12-13-14-15-16-17-18-19-20-26-30-45(51)57-39(37-56-58(52,53)55-34-33-46(3,4)5)36-54-44(50)29-25-22-21-24-28-40-41(43(49)35-42(40)48)32-31-38(47)27-23-9-7-2/h31-32,38-43,47-49H,6-30,33-37H2,1-5H3/b32-31+/t38-,39+,40+,41+,42-,43+/m0/s1. The monoisotopic (exact) mass is 848 g/mol. The molecular formula is C45H86NO11P. The maximum absolute atomic E-state index is 12.7. The van der Waals surface area contributed by atoms with Crippen molar-refractivity contribution in [2.24, 2.45) is 11.8 Å². The highest BCUT2D eigenvalue weighted by Gasteiger charge is 2.39. The number of rotatable bonds is 38. The van der Waals surface area contributed by atoms with Gasteiger partial charge in [0.25, 0.3) is 7.82 Å². The van der Waals surface area contributed by atoms with Gasteiger partial charge >= 0.3 is 11.9 Å². The van der Waals surface area contributed by atoms with E-state index in [1.807, 2.05) is 27.2 Å². The van der Waals surface area contributed by atoms with Crippen LogP contribution in [0.2, 0.25) is 0 Å². The fraction of sp³-hybridized carbons (Fsp3) is 0.911. The Bertz CT molecular complexity index is 1120. The summed E-state index contributed by atoms with van der Waals surface area (Å²) in [5.41, 5.74) is 0. The molecule has 0 saturated heterocycles. The van der Waals surface area contributed by atoms with Crippen LogP contribution in [0.5, 0.6) is 0 Å².